The lowest BCUT2D eigenvalue weighted by atomic mass is 10.3. The van der Waals surface area contributed by atoms with Crippen LogP contribution in [0.4, 0.5) is 5.69 Å². The van der Waals surface area contributed by atoms with E-state index in [9.17, 15) is 9.59 Å². The van der Waals surface area contributed by atoms with Gasteiger partial charge < -0.3 is 5.32 Å². The zero-order valence-corrected chi connectivity index (χ0v) is 16.6. The van der Waals surface area contributed by atoms with Crippen LogP contribution in [-0.2, 0) is 11.8 Å². The van der Waals surface area contributed by atoms with Gasteiger partial charge >= 0.3 is 0 Å². The molecule has 130 valence electrons. The topological polar surface area (TPSA) is 64.0 Å². The minimum absolute atomic E-state index is 0.0632. The number of carbonyl (C=O) groups excluding carboxylic acids is 1. The first-order chi connectivity index (χ1) is 11.9. The van der Waals surface area contributed by atoms with Gasteiger partial charge in [-0.25, -0.2) is 4.98 Å². The molecule has 0 fully saturated rings. The van der Waals surface area contributed by atoms with Gasteiger partial charge in [0.1, 0.15) is 4.83 Å². The third-order valence-corrected chi connectivity index (χ3v) is 6.15. The number of anilines is 1. The molecule has 3 rings (SSSR count). The molecule has 0 aliphatic rings. The molecule has 2 aromatic heterocycles. The molecule has 1 aromatic carbocycles. The summed E-state index contributed by atoms with van der Waals surface area (Å²) in [7, 11) is 1.63. The SMILES string of the molecule is Cn1c(SCC(=O)Nc2cc(Cl)c(Cl)cc2Cl)nc2sccc2c1=O. The van der Waals surface area contributed by atoms with Crippen LogP contribution in [0.5, 0.6) is 0 Å². The number of benzene rings is 1. The summed E-state index contributed by atoms with van der Waals surface area (Å²) in [6.07, 6.45) is 0. The number of carbonyl (C=O) groups is 1. The van der Waals surface area contributed by atoms with Gasteiger partial charge in [0.25, 0.3) is 5.56 Å². The summed E-state index contributed by atoms with van der Waals surface area (Å²) in [5.74, 6) is -0.237. The van der Waals surface area contributed by atoms with Crippen molar-refractivity contribution in [1.29, 1.82) is 0 Å². The number of halogens is 3. The molecule has 0 spiro atoms. The molecule has 1 amide bonds. The smallest absolute Gasteiger partial charge is 0.262 e. The van der Waals surface area contributed by atoms with Crippen molar-refractivity contribution in [2.24, 2.45) is 7.05 Å². The van der Waals surface area contributed by atoms with Crippen molar-refractivity contribution in [3.05, 3.63) is 49.0 Å². The summed E-state index contributed by atoms with van der Waals surface area (Å²) in [6.45, 7) is 0. The Morgan fingerprint density at radius 2 is 2.00 bits per heavy atom. The first-order valence-electron chi connectivity index (χ1n) is 6.88. The zero-order chi connectivity index (χ0) is 18.1. The van der Waals surface area contributed by atoms with Crippen molar-refractivity contribution in [1.82, 2.24) is 9.55 Å². The second kappa shape index (κ2) is 7.55. The van der Waals surface area contributed by atoms with E-state index >= 15 is 0 Å². The number of aromatic nitrogens is 2. The maximum absolute atomic E-state index is 12.2. The van der Waals surface area contributed by atoms with E-state index < -0.39 is 0 Å². The van der Waals surface area contributed by atoms with Gasteiger partial charge in [-0.15, -0.1) is 11.3 Å². The van der Waals surface area contributed by atoms with Crippen molar-refractivity contribution in [3.8, 4) is 0 Å². The van der Waals surface area contributed by atoms with Gasteiger partial charge in [0.15, 0.2) is 5.16 Å². The van der Waals surface area contributed by atoms with Crippen LogP contribution in [0.25, 0.3) is 10.2 Å². The molecule has 0 atom stereocenters. The Morgan fingerprint density at radius 1 is 1.28 bits per heavy atom. The van der Waals surface area contributed by atoms with Crippen LogP contribution in [0.1, 0.15) is 0 Å². The molecule has 0 radical (unpaired) electrons. The van der Waals surface area contributed by atoms with Gasteiger partial charge in [-0.2, -0.15) is 0 Å². The van der Waals surface area contributed by atoms with Crippen molar-refractivity contribution >= 4 is 79.7 Å². The molecule has 0 aliphatic carbocycles. The third kappa shape index (κ3) is 3.96. The van der Waals surface area contributed by atoms with Crippen LogP contribution in [-0.4, -0.2) is 21.2 Å². The Bertz CT molecular complexity index is 1030. The first kappa shape index (κ1) is 18.5. The maximum Gasteiger partial charge on any atom is 0.262 e. The quantitative estimate of drug-likeness (QED) is 0.368. The van der Waals surface area contributed by atoms with E-state index in [1.54, 1.807) is 13.1 Å². The van der Waals surface area contributed by atoms with E-state index in [4.69, 9.17) is 34.8 Å². The number of thiophene rings is 1. The molecule has 10 heteroatoms. The second-order valence-electron chi connectivity index (χ2n) is 4.98. The van der Waals surface area contributed by atoms with Crippen molar-refractivity contribution in [2.75, 3.05) is 11.1 Å². The van der Waals surface area contributed by atoms with Crippen LogP contribution in [0.2, 0.25) is 15.1 Å². The number of nitrogens with one attached hydrogen (secondary N) is 1. The number of hydrogen-bond acceptors (Lipinski definition) is 5. The molecule has 1 N–H and O–H groups in total. The predicted octanol–water partition coefficient (Wildman–Crippen LogP) is 4.69. The molecule has 2 heterocycles. The van der Waals surface area contributed by atoms with Crippen molar-refractivity contribution in [3.63, 3.8) is 0 Å². The fraction of sp³-hybridized carbons (Fsp3) is 0.133. The highest BCUT2D eigenvalue weighted by atomic mass is 35.5. The fourth-order valence-corrected chi connectivity index (χ4v) is 4.22. The standard InChI is InChI=1S/C15H10Cl3N3O2S2/c1-21-14(23)7-2-3-24-13(7)20-15(21)25-6-12(22)19-11-5-9(17)8(16)4-10(11)18/h2-5H,6H2,1H3,(H,19,22). The van der Waals surface area contributed by atoms with Gasteiger partial charge in [0.05, 0.1) is 31.9 Å². The van der Waals surface area contributed by atoms with Gasteiger partial charge in [-0.1, -0.05) is 46.6 Å². The van der Waals surface area contributed by atoms with Crippen LogP contribution in [0, 0.1) is 0 Å². The number of fused-ring (bicyclic) bond motifs is 1. The van der Waals surface area contributed by atoms with Gasteiger partial charge in [0.2, 0.25) is 5.91 Å². The number of nitrogens with zero attached hydrogens (tertiary/aromatic N) is 2. The highest BCUT2D eigenvalue weighted by Crippen LogP contribution is 2.32. The lowest BCUT2D eigenvalue weighted by Gasteiger charge is -2.09. The molecular formula is C15H10Cl3N3O2S2. The number of amides is 1. The minimum Gasteiger partial charge on any atom is -0.324 e. The molecule has 0 unspecified atom stereocenters. The lowest BCUT2D eigenvalue weighted by Crippen LogP contribution is -2.20. The highest BCUT2D eigenvalue weighted by molar-refractivity contribution is 7.99. The lowest BCUT2D eigenvalue weighted by molar-refractivity contribution is -0.113. The summed E-state index contributed by atoms with van der Waals surface area (Å²) in [6, 6.07) is 4.69. The summed E-state index contributed by atoms with van der Waals surface area (Å²) in [4.78, 5) is 29.5. The summed E-state index contributed by atoms with van der Waals surface area (Å²) < 4.78 is 1.43. The summed E-state index contributed by atoms with van der Waals surface area (Å²) in [5, 5.41) is 6.41. The van der Waals surface area contributed by atoms with Crippen LogP contribution < -0.4 is 10.9 Å². The first-order valence-corrected chi connectivity index (χ1v) is 9.88. The maximum atomic E-state index is 12.2. The van der Waals surface area contributed by atoms with Gasteiger partial charge in [-0.05, 0) is 23.6 Å². The monoisotopic (exact) mass is 433 g/mol. The van der Waals surface area contributed by atoms with Gasteiger partial charge in [0, 0.05) is 7.05 Å². The second-order valence-corrected chi connectivity index (χ2v) is 8.04. The van der Waals surface area contributed by atoms with E-state index in [0.717, 1.165) is 11.8 Å². The number of hydrogen-bond donors (Lipinski definition) is 1. The number of rotatable bonds is 4. The minimum atomic E-state index is -0.300. The molecule has 0 saturated carbocycles. The predicted molar refractivity (Wildman–Crippen MR) is 106 cm³/mol. The van der Waals surface area contributed by atoms with E-state index in [1.165, 1.54) is 28.0 Å². The number of thioether (sulfide) groups is 1. The fourth-order valence-electron chi connectivity index (χ4n) is 2.04. The molecular weight excluding hydrogens is 425 g/mol. The highest BCUT2D eigenvalue weighted by Gasteiger charge is 2.13. The molecule has 0 saturated heterocycles. The molecule has 3 aromatic rings. The van der Waals surface area contributed by atoms with Crippen molar-refractivity contribution in [2.45, 2.75) is 5.16 Å². The van der Waals surface area contributed by atoms with Crippen LogP contribution >= 0.6 is 57.9 Å². The Hall–Kier alpha value is -1.25. The Balaban J connectivity index is 1.74. The zero-order valence-electron chi connectivity index (χ0n) is 12.7. The molecule has 0 bridgehead atoms. The Morgan fingerprint density at radius 3 is 2.76 bits per heavy atom. The van der Waals surface area contributed by atoms with E-state index in [1.807, 2.05) is 5.38 Å². The van der Waals surface area contributed by atoms with Crippen LogP contribution in [0.15, 0.2) is 33.5 Å². The third-order valence-electron chi connectivity index (χ3n) is 3.28. The molecule has 25 heavy (non-hydrogen) atoms. The van der Waals surface area contributed by atoms with Crippen LogP contribution in [0.3, 0.4) is 0 Å². The average molecular weight is 435 g/mol. The normalized spacial score (nSPS) is 11.0. The van der Waals surface area contributed by atoms with E-state index in [2.05, 4.69) is 10.3 Å². The summed E-state index contributed by atoms with van der Waals surface area (Å²) >= 11 is 20.4. The molecule has 0 aliphatic heterocycles. The Kier molecular flexibility index (Phi) is 5.60. The molecule has 5 nitrogen and oxygen atoms in total. The summed E-state index contributed by atoms with van der Waals surface area (Å²) in [5.41, 5.74) is 0.235. The largest absolute Gasteiger partial charge is 0.324 e. The van der Waals surface area contributed by atoms with E-state index in [0.29, 0.717) is 36.1 Å². The average Bonchev–Trinajstić information content (AvgIpc) is 3.03. The van der Waals surface area contributed by atoms with Crippen molar-refractivity contribution < 1.29 is 4.79 Å². The van der Waals surface area contributed by atoms with E-state index in [-0.39, 0.29) is 17.2 Å². The Labute approximate surface area is 165 Å². The van der Waals surface area contributed by atoms with Gasteiger partial charge in [-0.3, -0.25) is 14.2 Å².